The van der Waals surface area contributed by atoms with Crippen LogP contribution in [0.25, 0.3) is 16.9 Å². The van der Waals surface area contributed by atoms with Gasteiger partial charge in [0.05, 0.1) is 21.3 Å². The van der Waals surface area contributed by atoms with Crippen molar-refractivity contribution in [2.45, 2.75) is 23.9 Å². The van der Waals surface area contributed by atoms with Crippen molar-refractivity contribution < 1.29 is 26.4 Å². The monoisotopic (exact) mass is 574 g/mol. The van der Waals surface area contributed by atoms with Gasteiger partial charge in [0, 0.05) is 29.9 Å². The van der Waals surface area contributed by atoms with E-state index in [1.165, 1.54) is 40.7 Å². The molecule has 1 N–H and O–H groups in total. The van der Waals surface area contributed by atoms with E-state index in [0.29, 0.717) is 24.3 Å². The molecule has 7 nitrogen and oxygen atoms in total. The summed E-state index contributed by atoms with van der Waals surface area (Å²) < 4.78 is 68.7. The molecule has 1 aliphatic rings. The maximum atomic E-state index is 13.5. The minimum atomic E-state index is -4.67. The number of sulfonamides is 1. The summed E-state index contributed by atoms with van der Waals surface area (Å²) in [5, 5.41) is 6.64. The zero-order valence-corrected chi connectivity index (χ0v) is 21.9. The van der Waals surface area contributed by atoms with E-state index in [1.54, 1.807) is 36.4 Å². The Hall–Kier alpha value is -3.67. The van der Waals surface area contributed by atoms with Gasteiger partial charge in [0.15, 0.2) is 5.69 Å². The number of aromatic nitrogens is 2. The van der Waals surface area contributed by atoms with Gasteiger partial charge in [0.2, 0.25) is 10.0 Å². The van der Waals surface area contributed by atoms with Crippen LogP contribution in [-0.4, -0.2) is 41.5 Å². The summed E-state index contributed by atoms with van der Waals surface area (Å²) in [6, 6.07) is 19.3. The largest absolute Gasteiger partial charge is 0.435 e. The fraction of sp³-hybridized carbons (Fsp3) is 0.185. The minimum absolute atomic E-state index is 0.0888. The second kappa shape index (κ2) is 10.5. The standard InChI is InChI=1S/C27H22ClF3N4O3S/c28-22-8-1-2-9-23(22)35-24(17-25(33-35)27(29,30)31)18-10-12-19(13-11-18)26(36)32-20-6-5-7-21(16-20)39(37,38)34-14-3-4-15-34/h1-2,5-13,16-17H,3-4,14-15H2,(H,32,36). The van der Waals surface area contributed by atoms with Gasteiger partial charge < -0.3 is 5.32 Å². The molecule has 4 aromatic rings. The molecule has 5 rings (SSSR count). The number of nitrogens with zero attached hydrogens (tertiary/aromatic N) is 3. The van der Waals surface area contributed by atoms with Gasteiger partial charge in [0.25, 0.3) is 5.91 Å². The number of anilines is 1. The Labute approximate surface area is 227 Å². The van der Waals surface area contributed by atoms with E-state index in [-0.39, 0.29) is 26.9 Å². The first-order valence-electron chi connectivity index (χ1n) is 12.0. The molecule has 1 aromatic heterocycles. The van der Waals surface area contributed by atoms with Crippen LogP contribution < -0.4 is 5.32 Å². The molecule has 202 valence electrons. The molecule has 0 unspecified atom stereocenters. The number of halogens is 4. The zero-order valence-electron chi connectivity index (χ0n) is 20.3. The van der Waals surface area contributed by atoms with Crippen LogP contribution in [0.2, 0.25) is 5.02 Å². The molecule has 1 saturated heterocycles. The Balaban J connectivity index is 1.40. The molecule has 0 aliphatic carbocycles. The van der Waals surface area contributed by atoms with E-state index in [2.05, 4.69) is 10.4 Å². The van der Waals surface area contributed by atoms with Crippen molar-refractivity contribution in [2.24, 2.45) is 0 Å². The highest BCUT2D eigenvalue weighted by Crippen LogP contribution is 2.34. The van der Waals surface area contributed by atoms with Crippen LogP contribution in [0.5, 0.6) is 0 Å². The molecule has 0 saturated carbocycles. The Morgan fingerprint density at radius 1 is 0.923 bits per heavy atom. The molecule has 0 spiro atoms. The van der Waals surface area contributed by atoms with Gasteiger partial charge in [0.1, 0.15) is 0 Å². The van der Waals surface area contributed by atoms with E-state index in [1.807, 2.05) is 0 Å². The number of hydrogen-bond acceptors (Lipinski definition) is 4. The van der Waals surface area contributed by atoms with Crippen LogP contribution in [0, 0.1) is 0 Å². The van der Waals surface area contributed by atoms with Crippen molar-refractivity contribution in [1.82, 2.24) is 14.1 Å². The van der Waals surface area contributed by atoms with E-state index in [4.69, 9.17) is 11.6 Å². The number of alkyl halides is 3. The zero-order chi connectivity index (χ0) is 27.8. The molecule has 12 heteroatoms. The Kier molecular flexibility index (Phi) is 7.23. The third-order valence-electron chi connectivity index (χ3n) is 6.32. The van der Waals surface area contributed by atoms with Crippen molar-refractivity contribution >= 4 is 33.2 Å². The van der Waals surface area contributed by atoms with Crippen molar-refractivity contribution in [3.05, 3.63) is 95.1 Å². The quantitative estimate of drug-likeness (QED) is 0.295. The lowest BCUT2D eigenvalue weighted by Gasteiger charge is -2.16. The number of amides is 1. The fourth-order valence-corrected chi connectivity index (χ4v) is 6.12. The van der Waals surface area contributed by atoms with Crippen LogP contribution in [0.1, 0.15) is 28.9 Å². The lowest BCUT2D eigenvalue weighted by molar-refractivity contribution is -0.141. The minimum Gasteiger partial charge on any atom is -0.322 e. The van der Waals surface area contributed by atoms with Crippen molar-refractivity contribution in [2.75, 3.05) is 18.4 Å². The van der Waals surface area contributed by atoms with Gasteiger partial charge in [-0.15, -0.1) is 0 Å². The molecule has 3 aromatic carbocycles. The number of rotatable bonds is 6. The van der Waals surface area contributed by atoms with Crippen LogP contribution in [0.4, 0.5) is 18.9 Å². The molecule has 1 aliphatic heterocycles. The number of para-hydroxylation sites is 1. The van der Waals surface area contributed by atoms with Gasteiger partial charge in [-0.1, -0.05) is 41.9 Å². The average Bonchev–Trinajstić information content (AvgIpc) is 3.61. The third-order valence-corrected chi connectivity index (χ3v) is 8.53. The Morgan fingerprint density at radius 2 is 1.62 bits per heavy atom. The van der Waals surface area contributed by atoms with Crippen molar-refractivity contribution in [3.8, 4) is 16.9 Å². The van der Waals surface area contributed by atoms with Gasteiger partial charge in [-0.05, 0) is 61.4 Å². The highest BCUT2D eigenvalue weighted by Gasteiger charge is 2.35. The first kappa shape index (κ1) is 26.9. The molecule has 1 amide bonds. The topological polar surface area (TPSA) is 84.3 Å². The van der Waals surface area contributed by atoms with Crippen LogP contribution in [0.3, 0.4) is 0 Å². The Morgan fingerprint density at radius 3 is 2.28 bits per heavy atom. The third kappa shape index (κ3) is 5.56. The second-order valence-corrected chi connectivity index (χ2v) is 11.3. The molecular weight excluding hydrogens is 553 g/mol. The van der Waals surface area contributed by atoms with E-state index in [0.717, 1.165) is 23.6 Å². The van der Waals surface area contributed by atoms with Gasteiger partial charge in [-0.3, -0.25) is 4.79 Å². The predicted octanol–water partition coefficient (Wildman–Crippen LogP) is 6.25. The second-order valence-electron chi connectivity index (χ2n) is 8.95. The molecule has 1 fully saturated rings. The maximum Gasteiger partial charge on any atom is 0.435 e. The molecular formula is C27H22ClF3N4O3S. The number of benzene rings is 3. The smallest absolute Gasteiger partial charge is 0.322 e. The fourth-order valence-electron chi connectivity index (χ4n) is 4.34. The number of hydrogen-bond donors (Lipinski definition) is 1. The van der Waals surface area contributed by atoms with Gasteiger partial charge in [-0.25, -0.2) is 13.1 Å². The predicted molar refractivity (Wildman–Crippen MR) is 141 cm³/mol. The number of carbonyl (C=O) groups is 1. The summed E-state index contributed by atoms with van der Waals surface area (Å²) in [6.45, 7) is 0.927. The van der Waals surface area contributed by atoms with Crippen molar-refractivity contribution in [3.63, 3.8) is 0 Å². The normalized spacial score (nSPS) is 14.5. The van der Waals surface area contributed by atoms with Gasteiger partial charge >= 0.3 is 6.18 Å². The first-order chi connectivity index (χ1) is 18.5. The summed E-state index contributed by atoms with van der Waals surface area (Å²) in [5.41, 5.74) is 0.246. The lowest BCUT2D eigenvalue weighted by Crippen LogP contribution is -2.27. The maximum absolute atomic E-state index is 13.5. The van der Waals surface area contributed by atoms with E-state index >= 15 is 0 Å². The molecule has 0 atom stereocenters. The van der Waals surface area contributed by atoms with Crippen LogP contribution in [0.15, 0.2) is 83.8 Å². The molecule has 2 heterocycles. The summed E-state index contributed by atoms with van der Waals surface area (Å²) in [6.07, 6.45) is -3.05. The van der Waals surface area contributed by atoms with Crippen molar-refractivity contribution in [1.29, 1.82) is 0 Å². The summed E-state index contributed by atoms with van der Waals surface area (Å²) in [4.78, 5) is 13.0. The summed E-state index contributed by atoms with van der Waals surface area (Å²) in [7, 11) is -3.65. The van der Waals surface area contributed by atoms with E-state index < -0.39 is 27.8 Å². The lowest BCUT2D eigenvalue weighted by atomic mass is 10.1. The number of carbonyl (C=O) groups excluding carboxylic acids is 1. The highest BCUT2D eigenvalue weighted by atomic mass is 35.5. The summed E-state index contributed by atoms with van der Waals surface area (Å²) >= 11 is 6.23. The SMILES string of the molecule is O=C(Nc1cccc(S(=O)(=O)N2CCCC2)c1)c1ccc(-c2cc(C(F)(F)F)nn2-c2ccccc2Cl)cc1. The average molecular weight is 575 g/mol. The number of nitrogens with one attached hydrogen (secondary N) is 1. The molecule has 39 heavy (non-hydrogen) atoms. The highest BCUT2D eigenvalue weighted by molar-refractivity contribution is 7.89. The van der Waals surface area contributed by atoms with Crippen LogP contribution >= 0.6 is 11.6 Å². The van der Waals surface area contributed by atoms with Gasteiger partial charge in [-0.2, -0.15) is 22.6 Å². The Bertz CT molecular complexity index is 1630. The summed E-state index contributed by atoms with van der Waals surface area (Å²) in [5.74, 6) is -0.507. The van der Waals surface area contributed by atoms with Crippen LogP contribution in [-0.2, 0) is 16.2 Å². The first-order valence-corrected chi connectivity index (χ1v) is 13.8. The van der Waals surface area contributed by atoms with E-state index in [9.17, 15) is 26.4 Å². The molecule has 0 radical (unpaired) electrons. The molecule has 0 bridgehead atoms.